The van der Waals surface area contributed by atoms with Crippen LogP contribution in [-0.2, 0) is 0 Å². The molecule has 1 aromatic carbocycles. The van der Waals surface area contributed by atoms with Gasteiger partial charge in [0, 0.05) is 37.9 Å². The molecule has 1 saturated heterocycles. The van der Waals surface area contributed by atoms with E-state index in [0.29, 0.717) is 37.6 Å². The molecule has 6 nitrogen and oxygen atoms in total. The number of alkyl halides is 3. The van der Waals surface area contributed by atoms with E-state index in [2.05, 4.69) is 15.8 Å². The number of pyridine rings is 1. The van der Waals surface area contributed by atoms with E-state index in [4.69, 9.17) is 5.26 Å². The Morgan fingerprint density at radius 2 is 1.78 bits per heavy atom. The Balaban J connectivity index is 1.62. The van der Waals surface area contributed by atoms with Gasteiger partial charge < -0.3 is 14.5 Å². The van der Waals surface area contributed by atoms with Crippen molar-refractivity contribution < 1.29 is 22.7 Å². The van der Waals surface area contributed by atoms with Gasteiger partial charge >= 0.3 is 6.36 Å². The molecule has 0 atom stereocenters. The number of amides is 1. The Bertz CT molecular complexity index is 854. The summed E-state index contributed by atoms with van der Waals surface area (Å²) in [6.45, 7) is 1.85. The minimum atomic E-state index is -4.77. The summed E-state index contributed by atoms with van der Waals surface area (Å²) >= 11 is 0. The van der Waals surface area contributed by atoms with Crippen LogP contribution < -0.4 is 9.64 Å². The van der Waals surface area contributed by atoms with E-state index >= 15 is 0 Å². The van der Waals surface area contributed by atoms with Crippen LogP contribution in [0.25, 0.3) is 0 Å². The van der Waals surface area contributed by atoms with Gasteiger partial charge in [-0.1, -0.05) is 0 Å². The molecule has 0 radical (unpaired) electrons. The monoisotopic (exact) mass is 376 g/mol. The fraction of sp³-hybridized carbons (Fsp3) is 0.278. The predicted octanol–water partition coefficient (Wildman–Crippen LogP) is 2.81. The molecular formula is C18H15F3N4O2. The van der Waals surface area contributed by atoms with E-state index in [9.17, 15) is 18.0 Å². The normalized spacial score (nSPS) is 14.6. The fourth-order valence-electron chi connectivity index (χ4n) is 2.84. The molecule has 1 aliphatic rings. The van der Waals surface area contributed by atoms with Gasteiger partial charge in [0.2, 0.25) is 0 Å². The van der Waals surface area contributed by atoms with Crippen LogP contribution in [0.5, 0.6) is 5.75 Å². The summed E-state index contributed by atoms with van der Waals surface area (Å²) in [7, 11) is 0. The summed E-state index contributed by atoms with van der Waals surface area (Å²) in [5.74, 6) is -0.0569. The van der Waals surface area contributed by atoms with Crippen molar-refractivity contribution in [2.24, 2.45) is 0 Å². The van der Waals surface area contributed by atoms with Gasteiger partial charge in [-0.15, -0.1) is 13.2 Å². The zero-order chi connectivity index (χ0) is 19.4. The number of nitriles is 1. The number of aromatic nitrogens is 1. The quantitative estimate of drug-likeness (QED) is 0.824. The third-order valence-electron chi connectivity index (χ3n) is 4.11. The topological polar surface area (TPSA) is 69.5 Å². The van der Waals surface area contributed by atoms with E-state index < -0.39 is 6.36 Å². The summed E-state index contributed by atoms with van der Waals surface area (Å²) in [4.78, 5) is 20.3. The summed E-state index contributed by atoms with van der Waals surface area (Å²) in [5.41, 5.74) is 0.756. The van der Waals surface area contributed by atoms with Crippen molar-refractivity contribution in [3.05, 3.63) is 53.7 Å². The van der Waals surface area contributed by atoms with Crippen LogP contribution in [0.4, 0.5) is 19.0 Å². The van der Waals surface area contributed by atoms with Gasteiger partial charge in [0.15, 0.2) is 0 Å². The SMILES string of the molecule is N#Cc1cccnc1N1CCN(C(=O)c2ccc(OC(F)(F)F)cc2)CC1. The standard InChI is InChI=1S/C18H15F3N4O2/c19-18(20,21)27-15-5-3-13(4-6-15)17(26)25-10-8-24(9-11-25)16-14(12-22)2-1-7-23-16/h1-7H,8-11H2. The number of nitrogens with zero attached hydrogens (tertiary/aromatic N) is 4. The van der Waals surface area contributed by atoms with Gasteiger partial charge in [0.05, 0.1) is 5.56 Å². The van der Waals surface area contributed by atoms with Crippen molar-refractivity contribution in [2.75, 3.05) is 31.1 Å². The molecular weight excluding hydrogens is 361 g/mol. The lowest BCUT2D eigenvalue weighted by Gasteiger charge is -2.35. The minimum absolute atomic E-state index is 0.269. The molecule has 0 unspecified atom stereocenters. The van der Waals surface area contributed by atoms with Gasteiger partial charge in [-0.25, -0.2) is 4.98 Å². The van der Waals surface area contributed by atoms with Gasteiger partial charge in [-0.05, 0) is 36.4 Å². The van der Waals surface area contributed by atoms with Crippen LogP contribution in [-0.4, -0.2) is 48.3 Å². The average Bonchev–Trinajstić information content (AvgIpc) is 2.67. The highest BCUT2D eigenvalue weighted by molar-refractivity contribution is 5.94. The van der Waals surface area contributed by atoms with Crippen molar-refractivity contribution in [1.82, 2.24) is 9.88 Å². The maximum Gasteiger partial charge on any atom is 0.573 e. The van der Waals surface area contributed by atoms with Crippen molar-refractivity contribution in [2.45, 2.75) is 6.36 Å². The van der Waals surface area contributed by atoms with E-state index in [1.165, 1.54) is 12.1 Å². The van der Waals surface area contributed by atoms with Crippen LogP contribution in [0.1, 0.15) is 15.9 Å². The number of benzene rings is 1. The van der Waals surface area contributed by atoms with Crippen LogP contribution in [0, 0.1) is 11.3 Å². The van der Waals surface area contributed by atoms with E-state index in [-0.39, 0.29) is 17.2 Å². The molecule has 27 heavy (non-hydrogen) atoms. The van der Waals surface area contributed by atoms with Gasteiger partial charge in [-0.2, -0.15) is 5.26 Å². The number of halogens is 3. The third kappa shape index (κ3) is 4.47. The first kappa shape index (κ1) is 18.5. The first-order chi connectivity index (χ1) is 12.9. The number of carbonyl (C=O) groups is 1. The first-order valence-corrected chi connectivity index (χ1v) is 8.12. The number of hydrogen-bond acceptors (Lipinski definition) is 5. The van der Waals surface area contributed by atoms with Crippen LogP contribution >= 0.6 is 0 Å². The van der Waals surface area contributed by atoms with Crippen molar-refractivity contribution in [3.63, 3.8) is 0 Å². The molecule has 0 spiro atoms. The van der Waals surface area contributed by atoms with Crippen molar-refractivity contribution >= 4 is 11.7 Å². The smallest absolute Gasteiger partial charge is 0.406 e. The van der Waals surface area contributed by atoms with Crippen LogP contribution in [0.15, 0.2) is 42.6 Å². The van der Waals surface area contributed by atoms with E-state index in [1.54, 1.807) is 23.2 Å². The minimum Gasteiger partial charge on any atom is -0.406 e. The Morgan fingerprint density at radius 1 is 1.11 bits per heavy atom. The van der Waals surface area contributed by atoms with Crippen LogP contribution in [0.2, 0.25) is 0 Å². The molecule has 3 rings (SSSR count). The number of rotatable bonds is 3. The van der Waals surface area contributed by atoms with Gasteiger partial charge in [0.1, 0.15) is 17.6 Å². The molecule has 1 aliphatic heterocycles. The highest BCUT2D eigenvalue weighted by atomic mass is 19.4. The zero-order valence-corrected chi connectivity index (χ0v) is 14.1. The molecule has 0 bridgehead atoms. The molecule has 1 amide bonds. The molecule has 1 fully saturated rings. The van der Waals surface area contributed by atoms with E-state index in [0.717, 1.165) is 12.1 Å². The maximum absolute atomic E-state index is 12.5. The second kappa shape index (κ2) is 7.53. The molecule has 0 N–H and O–H groups in total. The Kier molecular flexibility index (Phi) is 5.16. The molecule has 2 aromatic rings. The Labute approximate surface area is 153 Å². The number of hydrogen-bond donors (Lipinski definition) is 0. The van der Waals surface area contributed by atoms with Gasteiger partial charge in [0.25, 0.3) is 5.91 Å². The second-order valence-electron chi connectivity index (χ2n) is 5.84. The summed E-state index contributed by atoms with van der Waals surface area (Å²) in [6, 6.07) is 10.3. The molecule has 0 aliphatic carbocycles. The summed E-state index contributed by atoms with van der Waals surface area (Å²) in [5, 5.41) is 9.17. The third-order valence-corrected chi connectivity index (χ3v) is 4.11. The van der Waals surface area contributed by atoms with E-state index in [1.807, 2.05) is 4.90 Å². The van der Waals surface area contributed by atoms with Crippen LogP contribution in [0.3, 0.4) is 0 Å². The molecule has 1 aromatic heterocycles. The number of carbonyl (C=O) groups excluding carboxylic acids is 1. The maximum atomic E-state index is 12.5. The lowest BCUT2D eigenvalue weighted by molar-refractivity contribution is -0.274. The highest BCUT2D eigenvalue weighted by Crippen LogP contribution is 2.23. The molecule has 9 heteroatoms. The lowest BCUT2D eigenvalue weighted by Crippen LogP contribution is -2.49. The summed E-state index contributed by atoms with van der Waals surface area (Å²) in [6.07, 6.45) is -3.16. The highest BCUT2D eigenvalue weighted by Gasteiger charge is 2.31. The fourth-order valence-corrected chi connectivity index (χ4v) is 2.84. The molecule has 140 valence electrons. The largest absolute Gasteiger partial charge is 0.573 e. The summed E-state index contributed by atoms with van der Waals surface area (Å²) < 4.78 is 40.4. The Morgan fingerprint density at radius 3 is 2.37 bits per heavy atom. The predicted molar refractivity (Wildman–Crippen MR) is 90.2 cm³/mol. The van der Waals surface area contributed by atoms with Gasteiger partial charge in [-0.3, -0.25) is 4.79 Å². The average molecular weight is 376 g/mol. The lowest BCUT2D eigenvalue weighted by atomic mass is 10.1. The molecule has 0 saturated carbocycles. The molecule has 2 heterocycles. The number of anilines is 1. The second-order valence-corrected chi connectivity index (χ2v) is 5.84. The number of ether oxygens (including phenoxy) is 1. The first-order valence-electron chi connectivity index (χ1n) is 8.12. The van der Waals surface area contributed by atoms with Crippen molar-refractivity contribution in [3.8, 4) is 11.8 Å². The Hall–Kier alpha value is -3.28. The van der Waals surface area contributed by atoms with Crippen molar-refractivity contribution in [1.29, 1.82) is 5.26 Å². The zero-order valence-electron chi connectivity index (χ0n) is 14.1. The number of piperazine rings is 1.